The Morgan fingerprint density at radius 1 is 0.885 bits per heavy atom. The molecule has 0 atom stereocenters. The molecule has 2 fully saturated rings. The molecule has 26 heavy (non-hydrogen) atoms. The average Bonchev–Trinajstić information content (AvgIpc) is 3.48. The van der Waals surface area contributed by atoms with Crippen molar-refractivity contribution in [2.24, 2.45) is 0 Å². The van der Waals surface area contributed by atoms with E-state index in [1.807, 2.05) is 54.6 Å². The molecule has 1 aliphatic heterocycles. The van der Waals surface area contributed by atoms with Gasteiger partial charge in [-0.3, -0.25) is 9.62 Å². The lowest BCUT2D eigenvalue weighted by atomic mass is 10.2. The van der Waals surface area contributed by atoms with Gasteiger partial charge in [0.2, 0.25) is 10.0 Å². The molecule has 4 rings (SSSR count). The maximum absolute atomic E-state index is 12.3. The first-order chi connectivity index (χ1) is 12.6. The molecule has 1 saturated heterocycles. The summed E-state index contributed by atoms with van der Waals surface area (Å²) in [4.78, 5) is 4.96. The number of benzene rings is 2. The van der Waals surface area contributed by atoms with Crippen LogP contribution >= 0.6 is 0 Å². The zero-order valence-corrected chi connectivity index (χ0v) is 15.7. The van der Waals surface area contributed by atoms with Gasteiger partial charge in [0.05, 0.1) is 5.75 Å². The molecule has 0 unspecified atom stereocenters. The normalized spacial score (nSPS) is 18.7. The van der Waals surface area contributed by atoms with Gasteiger partial charge < -0.3 is 4.90 Å². The van der Waals surface area contributed by atoms with E-state index in [0.717, 1.165) is 43.5 Å². The summed E-state index contributed by atoms with van der Waals surface area (Å²) in [7, 11) is -3.41. The van der Waals surface area contributed by atoms with Gasteiger partial charge in [0.1, 0.15) is 0 Å². The van der Waals surface area contributed by atoms with Gasteiger partial charge in [-0.25, -0.2) is 8.42 Å². The van der Waals surface area contributed by atoms with Crippen LogP contribution in [-0.2, 0) is 15.8 Å². The Labute approximate surface area is 155 Å². The van der Waals surface area contributed by atoms with Gasteiger partial charge in [-0.1, -0.05) is 30.3 Å². The molecule has 1 aliphatic carbocycles. The van der Waals surface area contributed by atoms with Crippen molar-refractivity contribution in [1.29, 1.82) is 0 Å². The number of rotatable bonds is 6. The summed E-state index contributed by atoms with van der Waals surface area (Å²) in [5, 5.41) is 0. The van der Waals surface area contributed by atoms with Gasteiger partial charge in [-0.2, -0.15) is 0 Å². The smallest absolute Gasteiger partial charge is 0.236 e. The van der Waals surface area contributed by atoms with Crippen LogP contribution in [0.3, 0.4) is 0 Å². The monoisotopic (exact) mass is 371 g/mol. The van der Waals surface area contributed by atoms with Gasteiger partial charge in [0, 0.05) is 43.6 Å². The first-order valence-corrected chi connectivity index (χ1v) is 10.9. The van der Waals surface area contributed by atoms with Gasteiger partial charge in [-0.05, 0) is 42.7 Å². The summed E-state index contributed by atoms with van der Waals surface area (Å²) in [6.07, 6.45) is 2.72. The minimum absolute atomic E-state index is 0.0152. The summed E-state index contributed by atoms with van der Waals surface area (Å²) in [6.45, 7) is 4.32. The standard InChI is InChI=1S/C20H25N3O2S/c24-26(25,16-17-4-2-1-3-5-17)21-18-6-8-19(9-7-18)22-12-14-23(15-13-22)20-10-11-20/h1-9,20-21H,10-16H2. The van der Waals surface area contributed by atoms with Crippen LogP contribution in [0, 0.1) is 0 Å². The van der Waals surface area contributed by atoms with Crippen LogP contribution in [0.4, 0.5) is 11.4 Å². The van der Waals surface area contributed by atoms with E-state index in [-0.39, 0.29) is 5.75 Å². The zero-order valence-electron chi connectivity index (χ0n) is 14.8. The van der Waals surface area contributed by atoms with E-state index < -0.39 is 10.0 Å². The van der Waals surface area contributed by atoms with Crippen LogP contribution in [-0.4, -0.2) is 45.5 Å². The maximum Gasteiger partial charge on any atom is 0.236 e. The third-order valence-corrected chi connectivity index (χ3v) is 6.34. The van der Waals surface area contributed by atoms with Crippen LogP contribution < -0.4 is 9.62 Å². The van der Waals surface area contributed by atoms with E-state index in [4.69, 9.17) is 0 Å². The van der Waals surface area contributed by atoms with Crippen molar-refractivity contribution in [2.45, 2.75) is 24.6 Å². The highest BCUT2D eigenvalue weighted by Gasteiger charge is 2.31. The van der Waals surface area contributed by atoms with Crippen molar-refractivity contribution in [3.8, 4) is 0 Å². The molecule has 1 heterocycles. The summed E-state index contributed by atoms with van der Waals surface area (Å²) < 4.78 is 27.3. The van der Waals surface area contributed by atoms with Gasteiger partial charge in [0.25, 0.3) is 0 Å². The van der Waals surface area contributed by atoms with Crippen molar-refractivity contribution in [3.63, 3.8) is 0 Å². The van der Waals surface area contributed by atoms with Gasteiger partial charge in [-0.15, -0.1) is 0 Å². The van der Waals surface area contributed by atoms with Crippen molar-refractivity contribution < 1.29 is 8.42 Å². The Hall–Kier alpha value is -2.05. The molecular formula is C20H25N3O2S. The number of sulfonamides is 1. The Morgan fingerprint density at radius 2 is 1.54 bits per heavy atom. The van der Waals surface area contributed by atoms with Gasteiger partial charge >= 0.3 is 0 Å². The van der Waals surface area contributed by atoms with E-state index in [1.165, 1.54) is 12.8 Å². The molecule has 6 heteroatoms. The molecule has 2 aromatic carbocycles. The van der Waals surface area contributed by atoms with Crippen LogP contribution in [0.5, 0.6) is 0 Å². The Balaban J connectivity index is 1.35. The molecule has 0 radical (unpaired) electrons. The maximum atomic E-state index is 12.3. The Bertz CT molecular complexity index is 825. The zero-order chi connectivity index (χ0) is 18.0. The highest BCUT2D eigenvalue weighted by molar-refractivity contribution is 7.91. The van der Waals surface area contributed by atoms with Crippen molar-refractivity contribution in [2.75, 3.05) is 35.8 Å². The summed E-state index contributed by atoms with van der Waals surface area (Å²) in [6, 6.07) is 17.8. The fourth-order valence-corrected chi connectivity index (χ4v) is 4.73. The average molecular weight is 372 g/mol. The molecule has 138 valence electrons. The molecule has 0 bridgehead atoms. The van der Waals surface area contributed by atoms with Gasteiger partial charge in [0.15, 0.2) is 0 Å². The number of hydrogen-bond donors (Lipinski definition) is 1. The molecule has 0 amide bonds. The molecule has 2 aromatic rings. The molecule has 0 spiro atoms. The summed E-state index contributed by atoms with van der Waals surface area (Å²) in [5.41, 5.74) is 2.55. The van der Waals surface area contributed by atoms with Crippen LogP contribution in [0.1, 0.15) is 18.4 Å². The Kier molecular flexibility index (Phi) is 4.87. The van der Waals surface area contributed by atoms with Crippen molar-refractivity contribution >= 4 is 21.4 Å². The van der Waals surface area contributed by atoms with Crippen molar-refractivity contribution in [1.82, 2.24) is 4.90 Å². The van der Waals surface area contributed by atoms with Crippen LogP contribution in [0.2, 0.25) is 0 Å². The minimum Gasteiger partial charge on any atom is -0.369 e. The van der Waals surface area contributed by atoms with E-state index >= 15 is 0 Å². The third-order valence-electron chi connectivity index (χ3n) is 5.08. The quantitative estimate of drug-likeness (QED) is 0.848. The molecule has 5 nitrogen and oxygen atoms in total. The minimum atomic E-state index is -3.41. The lowest BCUT2D eigenvalue weighted by molar-refractivity contribution is 0.248. The highest BCUT2D eigenvalue weighted by Crippen LogP contribution is 2.28. The molecule has 1 saturated carbocycles. The van der Waals surface area contributed by atoms with Crippen LogP contribution in [0.15, 0.2) is 54.6 Å². The number of anilines is 2. The number of piperazine rings is 1. The molecular weight excluding hydrogens is 346 g/mol. The van der Waals surface area contributed by atoms with E-state index in [1.54, 1.807) is 0 Å². The number of nitrogens with zero attached hydrogens (tertiary/aromatic N) is 2. The third kappa shape index (κ3) is 4.37. The van der Waals surface area contributed by atoms with Crippen molar-refractivity contribution in [3.05, 3.63) is 60.2 Å². The van der Waals surface area contributed by atoms with E-state index in [9.17, 15) is 8.42 Å². The molecule has 1 N–H and O–H groups in total. The predicted molar refractivity (Wildman–Crippen MR) is 106 cm³/mol. The second-order valence-electron chi connectivity index (χ2n) is 7.15. The second kappa shape index (κ2) is 7.29. The summed E-state index contributed by atoms with van der Waals surface area (Å²) >= 11 is 0. The SMILES string of the molecule is O=S(=O)(Cc1ccccc1)Nc1ccc(N2CCN(C3CC3)CC2)cc1. The number of hydrogen-bond acceptors (Lipinski definition) is 4. The topological polar surface area (TPSA) is 52.7 Å². The summed E-state index contributed by atoms with van der Waals surface area (Å²) in [5.74, 6) is -0.0152. The Morgan fingerprint density at radius 3 is 2.15 bits per heavy atom. The first-order valence-electron chi connectivity index (χ1n) is 9.22. The van der Waals surface area contributed by atoms with E-state index in [0.29, 0.717) is 5.69 Å². The lowest BCUT2D eigenvalue weighted by Gasteiger charge is -2.36. The highest BCUT2D eigenvalue weighted by atomic mass is 32.2. The van der Waals surface area contributed by atoms with Crippen LogP contribution in [0.25, 0.3) is 0 Å². The first kappa shape index (κ1) is 17.4. The van der Waals surface area contributed by atoms with E-state index in [2.05, 4.69) is 14.5 Å². The second-order valence-corrected chi connectivity index (χ2v) is 8.87. The molecule has 0 aromatic heterocycles. The number of nitrogens with one attached hydrogen (secondary N) is 1. The molecule has 2 aliphatic rings. The fourth-order valence-electron chi connectivity index (χ4n) is 3.53. The largest absolute Gasteiger partial charge is 0.369 e. The predicted octanol–water partition coefficient (Wildman–Crippen LogP) is 2.91. The lowest BCUT2D eigenvalue weighted by Crippen LogP contribution is -2.47. The fraction of sp³-hybridized carbons (Fsp3) is 0.400.